The number of carbonyl (C=O) groups excluding carboxylic acids is 1. The number of alkyl carbamates (subject to hydrolysis) is 1. The molecule has 0 radical (unpaired) electrons. The SMILES string of the molecule is O=C(O)CC(NC(=O)OCc1ccccc1)c1ccc(F)cc1. The van der Waals surface area contributed by atoms with Crippen molar-refractivity contribution < 1.29 is 23.8 Å². The predicted octanol–water partition coefficient (Wildman–Crippen LogP) is 3.27. The number of rotatable bonds is 6. The Morgan fingerprint density at radius 2 is 1.74 bits per heavy atom. The lowest BCUT2D eigenvalue weighted by Crippen LogP contribution is -2.30. The van der Waals surface area contributed by atoms with Crippen LogP contribution in [0.4, 0.5) is 9.18 Å². The molecule has 0 aliphatic rings. The lowest BCUT2D eigenvalue weighted by Gasteiger charge is -2.17. The van der Waals surface area contributed by atoms with Crippen molar-refractivity contribution in [1.29, 1.82) is 0 Å². The summed E-state index contributed by atoms with van der Waals surface area (Å²) in [6.07, 6.45) is -1.06. The molecule has 1 atom stereocenters. The number of halogens is 1. The second-order valence-corrected chi connectivity index (χ2v) is 4.91. The Labute approximate surface area is 132 Å². The number of aliphatic carboxylic acids is 1. The third-order valence-corrected chi connectivity index (χ3v) is 3.16. The summed E-state index contributed by atoms with van der Waals surface area (Å²) in [5.74, 6) is -1.52. The maximum atomic E-state index is 13.0. The molecule has 0 aromatic heterocycles. The van der Waals surface area contributed by atoms with Gasteiger partial charge in [0.15, 0.2) is 0 Å². The van der Waals surface area contributed by atoms with E-state index in [2.05, 4.69) is 5.32 Å². The summed E-state index contributed by atoms with van der Waals surface area (Å²) < 4.78 is 18.0. The van der Waals surface area contributed by atoms with Crippen molar-refractivity contribution in [2.24, 2.45) is 0 Å². The van der Waals surface area contributed by atoms with Crippen LogP contribution in [0.25, 0.3) is 0 Å². The number of carboxylic acids is 1. The van der Waals surface area contributed by atoms with E-state index >= 15 is 0 Å². The molecule has 1 amide bonds. The standard InChI is InChI=1S/C17H16FNO4/c18-14-8-6-13(7-9-14)15(10-16(20)21)19-17(22)23-11-12-4-2-1-3-5-12/h1-9,15H,10-11H2,(H,19,22)(H,20,21). The third kappa shape index (κ3) is 5.43. The van der Waals surface area contributed by atoms with Gasteiger partial charge in [0.2, 0.25) is 0 Å². The molecule has 0 aliphatic carbocycles. The number of nitrogens with one attached hydrogen (secondary N) is 1. The van der Waals surface area contributed by atoms with Crippen molar-refractivity contribution in [1.82, 2.24) is 5.32 Å². The highest BCUT2D eigenvalue weighted by Gasteiger charge is 2.19. The fraction of sp³-hybridized carbons (Fsp3) is 0.176. The van der Waals surface area contributed by atoms with Crippen LogP contribution in [-0.4, -0.2) is 17.2 Å². The van der Waals surface area contributed by atoms with Crippen molar-refractivity contribution in [3.8, 4) is 0 Å². The van der Waals surface area contributed by atoms with Gasteiger partial charge in [0.25, 0.3) is 0 Å². The van der Waals surface area contributed by atoms with Crippen LogP contribution < -0.4 is 5.32 Å². The van der Waals surface area contributed by atoms with E-state index in [4.69, 9.17) is 9.84 Å². The minimum Gasteiger partial charge on any atom is -0.481 e. The van der Waals surface area contributed by atoms with E-state index in [1.54, 1.807) is 0 Å². The second-order valence-electron chi connectivity index (χ2n) is 4.91. The number of amides is 1. The van der Waals surface area contributed by atoms with Gasteiger partial charge in [-0.05, 0) is 23.3 Å². The normalized spacial score (nSPS) is 11.5. The summed E-state index contributed by atoms with van der Waals surface area (Å²) in [5.41, 5.74) is 1.31. The van der Waals surface area contributed by atoms with Crippen LogP contribution in [0.3, 0.4) is 0 Å². The topological polar surface area (TPSA) is 75.6 Å². The predicted molar refractivity (Wildman–Crippen MR) is 81.2 cm³/mol. The number of ether oxygens (including phenoxy) is 1. The van der Waals surface area contributed by atoms with Crippen LogP contribution in [0.5, 0.6) is 0 Å². The number of carboxylic acid groups (broad SMARTS) is 1. The van der Waals surface area contributed by atoms with E-state index in [-0.39, 0.29) is 13.0 Å². The van der Waals surface area contributed by atoms with Crippen LogP contribution in [0, 0.1) is 5.82 Å². The molecule has 2 aromatic carbocycles. The van der Waals surface area contributed by atoms with Crippen LogP contribution in [0.15, 0.2) is 54.6 Å². The number of hydrogen-bond acceptors (Lipinski definition) is 3. The molecule has 0 spiro atoms. The van der Waals surface area contributed by atoms with Crippen LogP contribution in [0.2, 0.25) is 0 Å². The van der Waals surface area contributed by atoms with Gasteiger partial charge in [0.1, 0.15) is 12.4 Å². The van der Waals surface area contributed by atoms with Gasteiger partial charge < -0.3 is 15.2 Å². The smallest absolute Gasteiger partial charge is 0.407 e. The first-order chi connectivity index (χ1) is 11.0. The molecule has 0 aliphatic heterocycles. The second kappa shape index (κ2) is 7.93. The third-order valence-electron chi connectivity index (χ3n) is 3.16. The zero-order chi connectivity index (χ0) is 16.7. The maximum Gasteiger partial charge on any atom is 0.407 e. The van der Waals surface area contributed by atoms with Gasteiger partial charge in [-0.2, -0.15) is 0 Å². The van der Waals surface area contributed by atoms with E-state index in [0.717, 1.165) is 5.56 Å². The highest BCUT2D eigenvalue weighted by Crippen LogP contribution is 2.18. The molecule has 2 aromatic rings. The molecule has 0 saturated heterocycles. The zero-order valence-electron chi connectivity index (χ0n) is 12.2. The van der Waals surface area contributed by atoms with Gasteiger partial charge in [0.05, 0.1) is 12.5 Å². The Kier molecular flexibility index (Phi) is 5.68. The van der Waals surface area contributed by atoms with Crippen LogP contribution in [-0.2, 0) is 16.1 Å². The lowest BCUT2D eigenvalue weighted by molar-refractivity contribution is -0.137. The Morgan fingerprint density at radius 3 is 2.35 bits per heavy atom. The number of carbonyl (C=O) groups is 2. The molecule has 0 heterocycles. The van der Waals surface area contributed by atoms with Gasteiger partial charge in [-0.25, -0.2) is 9.18 Å². The first-order valence-corrected chi connectivity index (χ1v) is 6.99. The fourth-order valence-electron chi connectivity index (χ4n) is 2.03. The molecule has 2 N–H and O–H groups in total. The molecular formula is C17H16FNO4. The Hall–Kier alpha value is -2.89. The van der Waals surface area contributed by atoms with Crippen molar-refractivity contribution in [3.05, 3.63) is 71.5 Å². The van der Waals surface area contributed by atoms with Gasteiger partial charge in [-0.1, -0.05) is 42.5 Å². The van der Waals surface area contributed by atoms with E-state index in [0.29, 0.717) is 5.56 Å². The molecule has 1 unspecified atom stereocenters. The van der Waals surface area contributed by atoms with Crippen LogP contribution >= 0.6 is 0 Å². The zero-order valence-corrected chi connectivity index (χ0v) is 12.2. The molecule has 120 valence electrons. The first-order valence-electron chi connectivity index (χ1n) is 6.99. The maximum absolute atomic E-state index is 13.0. The average molecular weight is 317 g/mol. The summed E-state index contributed by atoms with van der Waals surface area (Å²) in [5, 5.41) is 11.4. The van der Waals surface area contributed by atoms with Gasteiger partial charge >= 0.3 is 12.1 Å². The first kappa shape index (κ1) is 16.5. The highest BCUT2D eigenvalue weighted by atomic mass is 19.1. The van der Waals surface area contributed by atoms with E-state index < -0.39 is 23.9 Å². The lowest BCUT2D eigenvalue weighted by atomic mass is 10.0. The molecule has 0 fully saturated rings. The van der Waals surface area contributed by atoms with Crippen molar-refractivity contribution in [2.75, 3.05) is 0 Å². The molecule has 2 rings (SSSR count). The average Bonchev–Trinajstić information content (AvgIpc) is 2.53. The Balaban J connectivity index is 1.98. The Morgan fingerprint density at radius 1 is 1.09 bits per heavy atom. The minimum atomic E-state index is -1.08. The largest absolute Gasteiger partial charge is 0.481 e. The minimum absolute atomic E-state index is 0.0792. The van der Waals surface area contributed by atoms with Gasteiger partial charge in [-0.3, -0.25) is 4.79 Å². The summed E-state index contributed by atoms with van der Waals surface area (Å²) in [4.78, 5) is 22.8. The summed E-state index contributed by atoms with van der Waals surface area (Å²) >= 11 is 0. The molecule has 5 nitrogen and oxygen atoms in total. The number of hydrogen-bond donors (Lipinski definition) is 2. The summed E-state index contributed by atoms with van der Waals surface area (Å²) in [6.45, 7) is 0.0792. The van der Waals surface area contributed by atoms with E-state index in [9.17, 15) is 14.0 Å². The molecule has 6 heteroatoms. The molecular weight excluding hydrogens is 301 g/mol. The summed E-state index contributed by atoms with van der Waals surface area (Å²) in [6, 6.07) is 13.6. The van der Waals surface area contributed by atoms with E-state index in [1.165, 1.54) is 24.3 Å². The van der Waals surface area contributed by atoms with Gasteiger partial charge in [-0.15, -0.1) is 0 Å². The fourth-order valence-corrected chi connectivity index (χ4v) is 2.03. The molecule has 23 heavy (non-hydrogen) atoms. The monoisotopic (exact) mass is 317 g/mol. The van der Waals surface area contributed by atoms with Crippen molar-refractivity contribution in [2.45, 2.75) is 19.1 Å². The van der Waals surface area contributed by atoms with Crippen molar-refractivity contribution >= 4 is 12.1 Å². The highest BCUT2D eigenvalue weighted by molar-refractivity contribution is 5.72. The number of benzene rings is 2. The quantitative estimate of drug-likeness (QED) is 0.857. The van der Waals surface area contributed by atoms with Gasteiger partial charge in [0, 0.05) is 0 Å². The van der Waals surface area contributed by atoms with E-state index in [1.807, 2.05) is 30.3 Å². The van der Waals surface area contributed by atoms with Crippen molar-refractivity contribution in [3.63, 3.8) is 0 Å². The Bertz CT molecular complexity index is 658. The molecule has 0 saturated carbocycles. The molecule has 0 bridgehead atoms. The summed E-state index contributed by atoms with van der Waals surface area (Å²) in [7, 11) is 0. The van der Waals surface area contributed by atoms with Crippen LogP contribution in [0.1, 0.15) is 23.6 Å².